The van der Waals surface area contributed by atoms with Crippen LogP contribution in [0.3, 0.4) is 0 Å². The van der Waals surface area contributed by atoms with E-state index in [-0.39, 0.29) is 5.92 Å². The molecular weight excluding hydrogens is 322 g/mol. The second-order valence-corrected chi connectivity index (χ2v) is 6.22. The van der Waals surface area contributed by atoms with Gasteiger partial charge in [0.2, 0.25) is 0 Å². The fraction of sp³-hybridized carbons (Fsp3) is 0.333. The van der Waals surface area contributed by atoms with E-state index in [9.17, 15) is 8.78 Å². The molecular formula is C21H22F2O2. The van der Waals surface area contributed by atoms with E-state index in [2.05, 4.69) is 24.3 Å². The maximum absolute atomic E-state index is 13.4. The lowest BCUT2D eigenvalue weighted by atomic mass is 9.99. The molecule has 0 bridgehead atoms. The van der Waals surface area contributed by atoms with Crippen LogP contribution in [0.5, 0.6) is 0 Å². The third-order valence-corrected chi connectivity index (χ3v) is 4.40. The van der Waals surface area contributed by atoms with Crippen LogP contribution in [0.4, 0.5) is 8.78 Å². The van der Waals surface area contributed by atoms with Crippen LogP contribution in [0.2, 0.25) is 0 Å². The Labute approximate surface area is 147 Å². The van der Waals surface area contributed by atoms with E-state index in [1.165, 1.54) is 11.6 Å². The van der Waals surface area contributed by atoms with E-state index in [1.807, 2.05) is 19.1 Å². The molecule has 1 fully saturated rings. The average Bonchev–Trinajstić information content (AvgIpc) is 2.65. The van der Waals surface area contributed by atoms with Gasteiger partial charge in [0.1, 0.15) is 0 Å². The summed E-state index contributed by atoms with van der Waals surface area (Å²) in [6, 6.07) is 12.2. The van der Waals surface area contributed by atoms with Gasteiger partial charge < -0.3 is 9.47 Å². The lowest BCUT2D eigenvalue weighted by Crippen LogP contribution is -2.25. The van der Waals surface area contributed by atoms with Crippen LogP contribution in [0.25, 0.3) is 0 Å². The monoisotopic (exact) mass is 344 g/mol. The first-order valence-corrected chi connectivity index (χ1v) is 8.55. The van der Waals surface area contributed by atoms with Gasteiger partial charge in [-0.05, 0) is 43.0 Å². The van der Waals surface area contributed by atoms with Crippen LogP contribution in [0.15, 0.2) is 54.6 Å². The number of halogens is 2. The number of benzene rings is 2. The maximum Gasteiger partial charge on any atom is 0.183 e. The van der Waals surface area contributed by atoms with E-state index < -0.39 is 17.9 Å². The predicted octanol–water partition coefficient (Wildman–Crippen LogP) is 5.30. The van der Waals surface area contributed by atoms with Crippen LogP contribution in [-0.4, -0.2) is 13.2 Å². The molecule has 1 aliphatic rings. The number of hydrogen-bond acceptors (Lipinski definition) is 2. The van der Waals surface area contributed by atoms with Crippen molar-refractivity contribution in [2.45, 2.75) is 32.0 Å². The molecule has 0 atom stereocenters. The summed E-state index contributed by atoms with van der Waals surface area (Å²) in [5.41, 5.74) is 2.94. The van der Waals surface area contributed by atoms with Crippen LogP contribution in [0, 0.1) is 11.6 Å². The zero-order valence-corrected chi connectivity index (χ0v) is 14.3. The van der Waals surface area contributed by atoms with Gasteiger partial charge in [-0.25, -0.2) is 8.78 Å². The molecule has 0 amide bonds. The lowest BCUT2D eigenvalue weighted by molar-refractivity contribution is -0.191. The van der Waals surface area contributed by atoms with Gasteiger partial charge in [0.15, 0.2) is 17.9 Å². The standard InChI is InChI=1S/C21H22F2O2/c1-2-3-4-5-15-6-8-16(9-7-15)21-24-13-18(14-25-21)17-10-11-19(22)20(23)12-17/h2-3,6-12,18,21H,4-5,13-14H2,1H3. The fourth-order valence-electron chi connectivity index (χ4n) is 2.91. The summed E-state index contributed by atoms with van der Waals surface area (Å²) in [7, 11) is 0. The molecule has 132 valence electrons. The molecule has 4 heteroatoms. The van der Waals surface area contributed by atoms with E-state index >= 15 is 0 Å². The summed E-state index contributed by atoms with van der Waals surface area (Å²) in [6.45, 7) is 2.85. The van der Waals surface area contributed by atoms with E-state index in [0.29, 0.717) is 18.8 Å². The molecule has 2 aromatic rings. The summed E-state index contributed by atoms with van der Waals surface area (Å²) in [5.74, 6) is -1.77. The van der Waals surface area contributed by atoms with E-state index in [4.69, 9.17) is 9.47 Å². The predicted molar refractivity (Wildman–Crippen MR) is 93.3 cm³/mol. The van der Waals surface area contributed by atoms with Crippen molar-refractivity contribution in [3.63, 3.8) is 0 Å². The third-order valence-electron chi connectivity index (χ3n) is 4.40. The Bertz CT molecular complexity index is 717. The quantitative estimate of drug-likeness (QED) is 0.685. The zero-order valence-electron chi connectivity index (χ0n) is 14.3. The van der Waals surface area contributed by atoms with Gasteiger partial charge in [-0.1, -0.05) is 42.5 Å². The highest BCUT2D eigenvalue weighted by molar-refractivity contribution is 5.25. The highest BCUT2D eigenvalue weighted by Gasteiger charge is 2.25. The molecule has 0 radical (unpaired) electrons. The Morgan fingerprint density at radius 3 is 2.28 bits per heavy atom. The van der Waals surface area contributed by atoms with Gasteiger partial charge in [-0.2, -0.15) is 0 Å². The number of hydrogen-bond donors (Lipinski definition) is 0. The van der Waals surface area contributed by atoms with E-state index in [1.54, 1.807) is 6.07 Å². The fourth-order valence-corrected chi connectivity index (χ4v) is 2.91. The average molecular weight is 344 g/mol. The highest BCUT2D eigenvalue weighted by Crippen LogP contribution is 2.30. The van der Waals surface area contributed by atoms with Crippen LogP contribution in [-0.2, 0) is 15.9 Å². The Balaban J connectivity index is 1.57. The summed E-state index contributed by atoms with van der Waals surface area (Å²) < 4.78 is 38.0. The highest BCUT2D eigenvalue weighted by atomic mass is 19.2. The van der Waals surface area contributed by atoms with Gasteiger partial charge in [0, 0.05) is 11.5 Å². The molecule has 0 spiro atoms. The van der Waals surface area contributed by atoms with Gasteiger partial charge in [0.05, 0.1) is 13.2 Å². The number of allylic oxidation sites excluding steroid dienone is 2. The Morgan fingerprint density at radius 1 is 0.960 bits per heavy atom. The van der Waals surface area contributed by atoms with Gasteiger partial charge in [0.25, 0.3) is 0 Å². The normalized spacial score (nSPS) is 20.9. The van der Waals surface area contributed by atoms with Gasteiger partial charge in [-0.3, -0.25) is 0 Å². The zero-order chi connectivity index (χ0) is 17.6. The summed E-state index contributed by atoms with van der Waals surface area (Å²) in [6.07, 6.45) is 5.84. The second kappa shape index (κ2) is 8.37. The summed E-state index contributed by atoms with van der Waals surface area (Å²) >= 11 is 0. The minimum absolute atomic E-state index is 0.0912. The smallest absolute Gasteiger partial charge is 0.183 e. The van der Waals surface area contributed by atoms with Crippen LogP contribution < -0.4 is 0 Å². The molecule has 25 heavy (non-hydrogen) atoms. The van der Waals surface area contributed by atoms with Crippen molar-refractivity contribution in [3.8, 4) is 0 Å². The van der Waals surface area contributed by atoms with Crippen molar-refractivity contribution in [2.75, 3.05) is 13.2 Å². The Kier molecular flexibility index (Phi) is 5.95. The topological polar surface area (TPSA) is 18.5 Å². The van der Waals surface area contributed by atoms with Crippen LogP contribution >= 0.6 is 0 Å². The Morgan fingerprint density at radius 2 is 1.64 bits per heavy atom. The largest absolute Gasteiger partial charge is 0.348 e. The molecule has 3 rings (SSSR count). The van der Waals surface area contributed by atoms with Crippen molar-refractivity contribution < 1.29 is 18.3 Å². The Hall–Kier alpha value is -2.04. The minimum atomic E-state index is -0.840. The summed E-state index contributed by atoms with van der Waals surface area (Å²) in [5, 5.41) is 0. The van der Waals surface area contributed by atoms with Crippen molar-refractivity contribution in [2.24, 2.45) is 0 Å². The van der Waals surface area contributed by atoms with Crippen LogP contribution in [0.1, 0.15) is 42.2 Å². The van der Waals surface area contributed by atoms with E-state index in [0.717, 1.165) is 24.5 Å². The number of aryl methyl sites for hydroxylation is 1. The van der Waals surface area contributed by atoms with Gasteiger partial charge >= 0.3 is 0 Å². The molecule has 1 aliphatic heterocycles. The van der Waals surface area contributed by atoms with Crippen molar-refractivity contribution >= 4 is 0 Å². The molecule has 0 aliphatic carbocycles. The SMILES string of the molecule is CC=CCCc1ccc(C2OCC(c3ccc(F)c(F)c3)CO2)cc1. The lowest BCUT2D eigenvalue weighted by Gasteiger charge is -2.30. The maximum atomic E-state index is 13.4. The van der Waals surface area contributed by atoms with Crippen molar-refractivity contribution in [3.05, 3.63) is 82.9 Å². The molecule has 0 N–H and O–H groups in total. The molecule has 0 unspecified atom stereocenters. The molecule has 0 saturated carbocycles. The number of ether oxygens (including phenoxy) is 2. The molecule has 0 aromatic heterocycles. The van der Waals surface area contributed by atoms with Gasteiger partial charge in [-0.15, -0.1) is 0 Å². The molecule has 2 nitrogen and oxygen atoms in total. The second-order valence-electron chi connectivity index (χ2n) is 6.22. The van der Waals surface area contributed by atoms with Crippen molar-refractivity contribution in [1.29, 1.82) is 0 Å². The third kappa shape index (κ3) is 4.53. The molecule has 1 heterocycles. The first kappa shape index (κ1) is 17.8. The van der Waals surface area contributed by atoms with Crippen molar-refractivity contribution in [1.82, 2.24) is 0 Å². The molecule has 1 saturated heterocycles. The minimum Gasteiger partial charge on any atom is -0.348 e. The first-order chi connectivity index (χ1) is 12.2. The molecule has 2 aromatic carbocycles. The first-order valence-electron chi connectivity index (χ1n) is 8.55. The summed E-state index contributed by atoms with van der Waals surface area (Å²) in [4.78, 5) is 0. The number of rotatable bonds is 5.